The molecule has 0 bridgehead atoms. The first-order chi connectivity index (χ1) is 16.6. The van der Waals surface area contributed by atoms with Gasteiger partial charge in [-0.05, 0) is 68.0 Å². The van der Waals surface area contributed by atoms with Gasteiger partial charge in [-0.25, -0.2) is 9.37 Å². The largest absolute Gasteiger partial charge is 0.391 e. The molecule has 1 aliphatic carbocycles. The Labute approximate surface area is 200 Å². The van der Waals surface area contributed by atoms with E-state index in [4.69, 9.17) is 0 Å². The Hall–Kier alpha value is -2.83. The van der Waals surface area contributed by atoms with Crippen molar-refractivity contribution in [3.05, 3.63) is 77.2 Å². The van der Waals surface area contributed by atoms with E-state index in [2.05, 4.69) is 45.5 Å². The van der Waals surface area contributed by atoms with E-state index in [1.165, 1.54) is 11.6 Å². The number of rotatable bonds is 5. The molecule has 1 saturated carbocycles. The second kappa shape index (κ2) is 10.2. The lowest BCUT2D eigenvalue weighted by atomic mass is 9.89. The number of carbonyl (C=O) groups is 1. The van der Waals surface area contributed by atoms with Crippen LogP contribution in [0.4, 0.5) is 4.39 Å². The van der Waals surface area contributed by atoms with Crippen LogP contribution in [0.15, 0.2) is 54.6 Å². The summed E-state index contributed by atoms with van der Waals surface area (Å²) in [7, 11) is 0. The van der Waals surface area contributed by atoms with Crippen LogP contribution in [0.5, 0.6) is 0 Å². The number of benzene rings is 2. The number of aromatic nitrogens is 1. The summed E-state index contributed by atoms with van der Waals surface area (Å²) in [6, 6.07) is 17.1. The minimum atomic E-state index is -0.541. The molecule has 3 aromatic rings. The Bertz CT molecular complexity index is 1150. The topological polar surface area (TPSA) is 65.5 Å². The van der Waals surface area contributed by atoms with Gasteiger partial charge in [-0.1, -0.05) is 55.3 Å². The molecule has 5 nitrogen and oxygen atoms in total. The summed E-state index contributed by atoms with van der Waals surface area (Å²) < 4.78 is 14.7. The lowest BCUT2D eigenvalue weighted by molar-refractivity contribution is 0.0714. The number of hydrogen-bond donors (Lipinski definition) is 2. The molecule has 178 valence electrons. The van der Waals surface area contributed by atoms with Crippen molar-refractivity contribution >= 4 is 16.8 Å². The number of fused-ring (bicyclic) bond motifs is 1. The lowest BCUT2D eigenvalue weighted by Crippen LogP contribution is -2.45. The molecule has 2 aromatic carbocycles. The number of nitrogens with zero attached hydrogens (tertiary/aromatic N) is 2. The van der Waals surface area contributed by atoms with E-state index in [0.717, 1.165) is 56.1 Å². The Morgan fingerprint density at radius 1 is 1.03 bits per heavy atom. The van der Waals surface area contributed by atoms with Crippen LogP contribution in [-0.2, 0) is 6.54 Å². The third kappa shape index (κ3) is 4.98. The number of halogens is 1. The van der Waals surface area contributed by atoms with Crippen molar-refractivity contribution in [2.24, 2.45) is 0 Å². The van der Waals surface area contributed by atoms with Crippen LogP contribution in [0.25, 0.3) is 10.9 Å². The van der Waals surface area contributed by atoms with Crippen molar-refractivity contribution in [1.82, 2.24) is 15.2 Å². The van der Waals surface area contributed by atoms with Gasteiger partial charge in [0.05, 0.1) is 12.1 Å². The molecule has 2 fully saturated rings. The molecule has 1 amide bonds. The third-order valence-electron chi connectivity index (χ3n) is 7.41. The SMILES string of the molecule is O=C(N[C@H]1CCCC[C@@H]1O)c1cc(CN2CCC(c3ccccc3)CC2)c2cccc(F)c2n1. The highest BCUT2D eigenvalue weighted by atomic mass is 19.1. The van der Waals surface area contributed by atoms with E-state index in [-0.39, 0.29) is 23.2 Å². The minimum Gasteiger partial charge on any atom is -0.391 e. The van der Waals surface area contributed by atoms with Crippen LogP contribution in [-0.4, -0.2) is 46.1 Å². The predicted molar refractivity (Wildman–Crippen MR) is 131 cm³/mol. The molecule has 1 aliphatic heterocycles. The molecule has 0 radical (unpaired) electrons. The number of amides is 1. The van der Waals surface area contributed by atoms with Gasteiger partial charge in [0.1, 0.15) is 17.0 Å². The van der Waals surface area contributed by atoms with Crippen molar-refractivity contribution in [3.63, 3.8) is 0 Å². The van der Waals surface area contributed by atoms with E-state index in [9.17, 15) is 14.3 Å². The first kappa shape index (κ1) is 22.9. The number of para-hydroxylation sites is 1. The van der Waals surface area contributed by atoms with Crippen LogP contribution in [0.1, 0.15) is 66.1 Å². The van der Waals surface area contributed by atoms with Gasteiger partial charge in [-0.3, -0.25) is 9.69 Å². The maximum absolute atomic E-state index is 14.7. The summed E-state index contributed by atoms with van der Waals surface area (Å²) >= 11 is 0. The summed E-state index contributed by atoms with van der Waals surface area (Å²) in [4.78, 5) is 19.8. The van der Waals surface area contributed by atoms with E-state index < -0.39 is 11.9 Å². The fraction of sp³-hybridized carbons (Fsp3) is 0.429. The number of piperidine rings is 1. The van der Waals surface area contributed by atoms with E-state index in [1.54, 1.807) is 12.1 Å². The normalized spacial score (nSPS) is 22.1. The highest BCUT2D eigenvalue weighted by molar-refractivity contribution is 5.96. The van der Waals surface area contributed by atoms with Crippen molar-refractivity contribution in [3.8, 4) is 0 Å². The highest BCUT2D eigenvalue weighted by Crippen LogP contribution is 2.30. The molecule has 0 spiro atoms. The van der Waals surface area contributed by atoms with Gasteiger partial charge in [-0.15, -0.1) is 0 Å². The van der Waals surface area contributed by atoms with Crippen molar-refractivity contribution in [1.29, 1.82) is 0 Å². The number of aliphatic hydroxyl groups excluding tert-OH is 1. The maximum Gasteiger partial charge on any atom is 0.270 e. The van der Waals surface area contributed by atoms with E-state index in [1.807, 2.05) is 6.07 Å². The molecule has 34 heavy (non-hydrogen) atoms. The second-order valence-electron chi connectivity index (χ2n) is 9.70. The lowest BCUT2D eigenvalue weighted by Gasteiger charge is -2.32. The zero-order valence-corrected chi connectivity index (χ0v) is 19.4. The van der Waals surface area contributed by atoms with Gasteiger partial charge < -0.3 is 10.4 Å². The number of hydrogen-bond acceptors (Lipinski definition) is 4. The number of nitrogens with one attached hydrogen (secondary N) is 1. The van der Waals surface area contributed by atoms with Gasteiger partial charge in [0, 0.05) is 11.9 Å². The maximum atomic E-state index is 14.7. The molecule has 2 aliphatic rings. The third-order valence-corrected chi connectivity index (χ3v) is 7.41. The van der Waals surface area contributed by atoms with Gasteiger partial charge >= 0.3 is 0 Å². The molecule has 6 heteroatoms. The van der Waals surface area contributed by atoms with Crippen LogP contribution >= 0.6 is 0 Å². The molecule has 5 rings (SSSR count). The second-order valence-corrected chi connectivity index (χ2v) is 9.70. The van der Waals surface area contributed by atoms with E-state index >= 15 is 0 Å². The van der Waals surface area contributed by atoms with Gasteiger partial charge in [0.2, 0.25) is 0 Å². The molecule has 2 N–H and O–H groups in total. The predicted octanol–water partition coefficient (Wildman–Crippen LogP) is 4.79. The van der Waals surface area contributed by atoms with Crippen molar-refractivity contribution < 1.29 is 14.3 Å². The average molecular weight is 462 g/mol. The van der Waals surface area contributed by atoms with Crippen LogP contribution in [0.3, 0.4) is 0 Å². The van der Waals surface area contributed by atoms with Crippen LogP contribution < -0.4 is 5.32 Å². The number of aliphatic hydroxyl groups is 1. The fourth-order valence-electron chi connectivity index (χ4n) is 5.44. The van der Waals surface area contributed by atoms with Crippen LogP contribution in [0.2, 0.25) is 0 Å². The first-order valence-corrected chi connectivity index (χ1v) is 12.4. The number of pyridine rings is 1. The Morgan fingerprint density at radius 2 is 1.79 bits per heavy atom. The Morgan fingerprint density at radius 3 is 2.56 bits per heavy atom. The molecule has 1 saturated heterocycles. The van der Waals surface area contributed by atoms with Gasteiger partial charge in [-0.2, -0.15) is 0 Å². The average Bonchev–Trinajstić information content (AvgIpc) is 2.87. The zero-order valence-electron chi connectivity index (χ0n) is 19.4. The standard InChI is InChI=1S/C28H32FN3O2/c29-23-10-6-9-22-21(18-32-15-13-20(14-16-32)19-7-2-1-3-8-19)17-25(30-27(22)23)28(34)31-24-11-4-5-12-26(24)33/h1-3,6-10,17,20,24,26,33H,4-5,11-16,18H2,(H,31,34)/t24-,26-/m0/s1. The summed E-state index contributed by atoms with van der Waals surface area (Å²) in [6.45, 7) is 2.55. The number of likely N-dealkylation sites (tertiary alicyclic amines) is 1. The minimum absolute atomic E-state index is 0.213. The molecular weight excluding hydrogens is 429 g/mol. The monoisotopic (exact) mass is 461 g/mol. The molecular formula is C28H32FN3O2. The smallest absolute Gasteiger partial charge is 0.270 e. The molecule has 2 atom stereocenters. The summed E-state index contributed by atoms with van der Waals surface area (Å²) in [5.74, 6) is -0.207. The quantitative estimate of drug-likeness (QED) is 0.574. The first-order valence-electron chi connectivity index (χ1n) is 12.4. The van der Waals surface area contributed by atoms with Crippen molar-refractivity contribution in [2.75, 3.05) is 13.1 Å². The van der Waals surface area contributed by atoms with Crippen molar-refractivity contribution in [2.45, 2.75) is 63.1 Å². The Kier molecular flexibility index (Phi) is 6.88. The van der Waals surface area contributed by atoms with Gasteiger partial charge in [0.25, 0.3) is 5.91 Å². The fourth-order valence-corrected chi connectivity index (χ4v) is 5.44. The van der Waals surface area contributed by atoms with Gasteiger partial charge in [0.15, 0.2) is 0 Å². The summed E-state index contributed by atoms with van der Waals surface area (Å²) in [6.07, 6.45) is 5.00. The summed E-state index contributed by atoms with van der Waals surface area (Å²) in [5, 5.41) is 13.9. The van der Waals surface area contributed by atoms with Crippen LogP contribution in [0, 0.1) is 5.82 Å². The van der Waals surface area contributed by atoms with E-state index in [0.29, 0.717) is 18.9 Å². The molecule has 0 unspecified atom stereocenters. The number of carbonyl (C=O) groups excluding carboxylic acids is 1. The molecule has 2 heterocycles. The highest BCUT2D eigenvalue weighted by Gasteiger charge is 2.26. The summed E-state index contributed by atoms with van der Waals surface area (Å²) in [5.41, 5.74) is 2.75. The zero-order chi connectivity index (χ0) is 23.5. The Balaban J connectivity index is 1.35. The molecule has 1 aromatic heterocycles.